The van der Waals surface area contributed by atoms with Crippen LogP contribution in [0.25, 0.3) is 0 Å². The average molecular weight is 382 g/mol. The van der Waals surface area contributed by atoms with Gasteiger partial charge in [-0.25, -0.2) is 13.4 Å². The molecule has 0 radical (unpaired) electrons. The molecule has 0 bridgehead atoms. The number of rotatable bonds is 8. The van der Waals surface area contributed by atoms with Crippen LogP contribution in [0.15, 0.2) is 23.2 Å². The van der Waals surface area contributed by atoms with Crippen molar-refractivity contribution in [2.24, 2.45) is 0 Å². The fraction of sp³-hybridized carbons (Fsp3) is 0.647. The van der Waals surface area contributed by atoms with Gasteiger partial charge in [0.15, 0.2) is 0 Å². The van der Waals surface area contributed by atoms with Gasteiger partial charge in [0.1, 0.15) is 5.82 Å². The van der Waals surface area contributed by atoms with Crippen LogP contribution in [0.5, 0.6) is 0 Å². The van der Waals surface area contributed by atoms with Crippen molar-refractivity contribution >= 4 is 21.8 Å². The van der Waals surface area contributed by atoms with E-state index in [1.807, 2.05) is 11.8 Å². The second kappa shape index (κ2) is 7.89. The van der Waals surface area contributed by atoms with Gasteiger partial charge in [0.05, 0.1) is 11.4 Å². The van der Waals surface area contributed by atoms with Gasteiger partial charge < -0.3 is 10.4 Å². The van der Waals surface area contributed by atoms with Gasteiger partial charge >= 0.3 is 5.97 Å². The minimum Gasteiger partial charge on any atom is -0.480 e. The summed E-state index contributed by atoms with van der Waals surface area (Å²) in [7, 11) is -3.45. The summed E-state index contributed by atoms with van der Waals surface area (Å²) in [6.07, 6.45) is 4.98. The fourth-order valence-electron chi connectivity index (χ4n) is 3.61. The van der Waals surface area contributed by atoms with Crippen LogP contribution < -0.4 is 5.32 Å². The minimum absolute atomic E-state index is 0.0513. The number of aliphatic carboxylic acids is 1. The van der Waals surface area contributed by atoms with Gasteiger partial charge in [0.25, 0.3) is 0 Å². The van der Waals surface area contributed by atoms with Crippen LogP contribution in [0.1, 0.15) is 32.6 Å². The minimum atomic E-state index is -3.45. The van der Waals surface area contributed by atoms with E-state index in [1.165, 1.54) is 16.6 Å². The third-order valence-corrected chi connectivity index (χ3v) is 7.05. The van der Waals surface area contributed by atoms with Gasteiger partial charge in [-0.3, -0.25) is 9.69 Å². The maximum absolute atomic E-state index is 12.6. The summed E-state index contributed by atoms with van der Waals surface area (Å²) >= 11 is 0. The Kier molecular flexibility index (Phi) is 5.79. The normalized spacial score (nSPS) is 23.8. The molecular formula is C17H26N4O4S. The summed E-state index contributed by atoms with van der Waals surface area (Å²) in [6, 6.07) is 3.55. The first-order valence-electron chi connectivity index (χ1n) is 9.08. The fourth-order valence-corrected chi connectivity index (χ4v) is 5.14. The average Bonchev–Trinajstić information content (AvgIpc) is 3.11. The van der Waals surface area contributed by atoms with Gasteiger partial charge in [-0.2, -0.15) is 4.31 Å². The summed E-state index contributed by atoms with van der Waals surface area (Å²) < 4.78 is 26.8. The second-order valence-corrected chi connectivity index (χ2v) is 8.85. The third-order valence-electron chi connectivity index (χ3n) is 5.16. The molecule has 0 amide bonds. The molecule has 1 aliphatic carbocycles. The lowest BCUT2D eigenvalue weighted by molar-refractivity contribution is -0.139. The molecule has 26 heavy (non-hydrogen) atoms. The van der Waals surface area contributed by atoms with Crippen LogP contribution in [-0.2, 0) is 14.8 Å². The number of hydrogen-bond donors (Lipinski definition) is 2. The molecule has 2 fully saturated rings. The molecule has 8 nitrogen and oxygen atoms in total. The van der Waals surface area contributed by atoms with Gasteiger partial charge in [-0.1, -0.05) is 6.92 Å². The SMILES string of the molecule is CCN(CC(=O)O)C1CC(Nc2cc(S(=O)(=O)N3CCCC3)ccn2)C1. The molecule has 1 aromatic rings. The largest absolute Gasteiger partial charge is 0.480 e. The number of nitrogens with zero attached hydrogens (tertiary/aromatic N) is 3. The van der Waals surface area contributed by atoms with E-state index in [-0.39, 0.29) is 23.5 Å². The van der Waals surface area contributed by atoms with E-state index < -0.39 is 16.0 Å². The smallest absolute Gasteiger partial charge is 0.317 e. The molecular weight excluding hydrogens is 356 g/mol. The van der Waals surface area contributed by atoms with Crippen molar-refractivity contribution in [2.75, 3.05) is 31.5 Å². The molecule has 1 saturated carbocycles. The van der Waals surface area contributed by atoms with Gasteiger partial charge in [-0.05, 0) is 38.3 Å². The van der Waals surface area contributed by atoms with Crippen molar-refractivity contribution in [3.8, 4) is 0 Å². The molecule has 1 saturated heterocycles. The third kappa shape index (κ3) is 4.16. The van der Waals surface area contributed by atoms with E-state index in [2.05, 4.69) is 10.3 Å². The molecule has 0 atom stereocenters. The Morgan fingerprint density at radius 3 is 2.69 bits per heavy atom. The first-order chi connectivity index (χ1) is 12.4. The Bertz CT molecular complexity index is 743. The quantitative estimate of drug-likeness (QED) is 0.697. The summed E-state index contributed by atoms with van der Waals surface area (Å²) in [5, 5.41) is 12.2. The van der Waals surface area contributed by atoms with Crippen molar-refractivity contribution in [3.63, 3.8) is 0 Å². The number of anilines is 1. The van der Waals surface area contributed by atoms with E-state index in [4.69, 9.17) is 5.11 Å². The standard InChI is InChI=1S/C17H26N4O4S/c1-2-20(12-17(22)23)14-9-13(10-14)19-16-11-15(5-6-18-16)26(24,25)21-7-3-4-8-21/h5-6,11,13-14H,2-4,7-10,12H2,1H3,(H,18,19)(H,22,23). The Morgan fingerprint density at radius 2 is 2.08 bits per heavy atom. The number of carboxylic acid groups (broad SMARTS) is 1. The highest BCUT2D eigenvalue weighted by molar-refractivity contribution is 7.89. The van der Waals surface area contributed by atoms with Gasteiger partial charge in [0, 0.05) is 37.4 Å². The maximum atomic E-state index is 12.6. The monoisotopic (exact) mass is 382 g/mol. The molecule has 0 spiro atoms. The Morgan fingerprint density at radius 1 is 1.38 bits per heavy atom. The Labute approximate surface area is 154 Å². The summed E-state index contributed by atoms with van der Waals surface area (Å²) in [5.41, 5.74) is 0. The number of likely N-dealkylation sites (N-methyl/N-ethyl adjacent to an activating group) is 1. The number of pyridine rings is 1. The molecule has 9 heteroatoms. The summed E-state index contributed by atoms with van der Waals surface area (Å²) in [4.78, 5) is 17.4. The predicted molar refractivity (Wildman–Crippen MR) is 97.5 cm³/mol. The van der Waals surface area contributed by atoms with E-state index in [0.717, 1.165) is 25.7 Å². The number of aromatic nitrogens is 1. The first-order valence-corrected chi connectivity index (χ1v) is 10.5. The van der Waals surface area contributed by atoms with E-state index in [0.29, 0.717) is 25.5 Å². The molecule has 2 heterocycles. The molecule has 1 aromatic heterocycles. The molecule has 0 aromatic carbocycles. The van der Waals surface area contributed by atoms with Crippen LogP contribution in [-0.4, -0.2) is 71.9 Å². The topological polar surface area (TPSA) is 103 Å². The number of hydrogen-bond acceptors (Lipinski definition) is 6. The zero-order valence-corrected chi connectivity index (χ0v) is 15.8. The first kappa shape index (κ1) is 19.1. The summed E-state index contributed by atoms with van der Waals surface area (Å²) in [6.45, 7) is 3.86. The van der Waals surface area contributed by atoms with Crippen LogP contribution in [0.2, 0.25) is 0 Å². The van der Waals surface area contributed by atoms with Crippen LogP contribution >= 0.6 is 0 Å². The lowest BCUT2D eigenvalue weighted by Crippen LogP contribution is -2.51. The Balaban J connectivity index is 1.59. The molecule has 3 rings (SSSR count). The van der Waals surface area contributed by atoms with E-state index >= 15 is 0 Å². The molecule has 2 N–H and O–H groups in total. The number of carboxylic acids is 1. The van der Waals surface area contributed by atoms with Crippen molar-refractivity contribution in [2.45, 2.75) is 49.6 Å². The number of carbonyl (C=O) groups is 1. The van der Waals surface area contributed by atoms with Crippen LogP contribution in [0.4, 0.5) is 5.82 Å². The number of sulfonamides is 1. The lowest BCUT2D eigenvalue weighted by atomic mass is 9.85. The van der Waals surface area contributed by atoms with Gasteiger partial charge in [-0.15, -0.1) is 0 Å². The highest BCUT2D eigenvalue weighted by Gasteiger charge is 2.34. The van der Waals surface area contributed by atoms with Crippen LogP contribution in [0.3, 0.4) is 0 Å². The van der Waals surface area contributed by atoms with E-state index in [1.54, 1.807) is 6.07 Å². The second-order valence-electron chi connectivity index (χ2n) is 6.91. The van der Waals surface area contributed by atoms with Crippen LogP contribution in [0, 0.1) is 0 Å². The maximum Gasteiger partial charge on any atom is 0.317 e. The highest BCUT2D eigenvalue weighted by Crippen LogP contribution is 2.29. The van der Waals surface area contributed by atoms with Crippen molar-refractivity contribution < 1.29 is 18.3 Å². The molecule has 0 unspecified atom stereocenters. The molecule has 144 valence electrons. The molecule has 2 aliphatic rings. The van der Waals surface area contributed by atoms with Crippen molar-refractivity contribution in [1.29, 1.82) is 0 Å². The van der Waals surface area contributed by atoms with Gasteiger partial charge in [0.2, 0.25) is 10.0 Å². The number of nitrogens with one attached hydrogen (secondary N) is 1. The van der Waals surface area contributed by atoms with Crippen molar-refractivity contribution in [1.82, 2.24) is 14.2 Å². The Hall–Kier alpha value is -1.71. The zero-order chi connectivity index (χ0) is 18.7. The van der Waals surface area contributed by atoms with Crippen molar-refractivity contribution in [3.05, 3.63) is 18.3 Å². The highest BCUT2D eigenvalue weighted by atomic mass is 32.2. The molecule has 1 aliphatic heterocycles. The zero-order valence-electron chi connectivity index (χ0n) is 15.0. The lowest BCUT2D eigenvalue weighted by Gasteiger charge is -2.42. The summed E-state index contributed by atoms with van der Waals surface area (Å²) in [5.74, 6) is -0.264. The van der Waals surface area contributed by atoms with E-state index in [9.17, 15) is 13.2 Å². The predicted octanol–water partition coefficient (Wildman–Crippen LogP) is 1.22.